The van der Waals surface area contributed by atoms with E-state index in [9.17, 15) is 13.2 Å². The van der Waals surface area contributed by atoms with Gasteiger partial charge in [0.25, 0.3) is 0 Å². The Balaban J connectivity index is 2.62. The lowest BCUT2D eigenvalue weighted by molar-refractivity contribution is 0.447. The van der Waals surface area contributed by atoms with Crippen LogP contribution in [0, 0.1) is 22.1 Å². The number of H-pyrrole nitrogens is 1. The van der Waals surface area contributed by atoms with Gasteiger partial charge >= 0.3 is 0 Å². The highest BCUT2D eigenvalue weighted by Gasteiger charge is 2.13. The second-order valence-corrected chi connectivity index (χ2v) is 4.85. The van der Waals surface area contributed by atoms with Crippen LogP contribution in [0.15, 0.2) is 18.2 Å². The first-order chi connectivity index (χ1) is 8.88. The van der Waals surface area contributed by atoms with E-state index >= 15 is 0 Å². The van der Waals surface area contributed by atoms with E-state index in [0.717, 1.165) is 12.1 Å². The zero-order valence-corrected chi connectivity index (χ0v) is 11.1. The van der Waals surface area contributed by atoms with Gasteiger partial charge in [-0.15, -0.1) is 0 Å². The van der Waals surface area contributed by atoms with E-state index < -0.39 is 17.5 Å². The molecular formula is C13H11F3N2S. The van der Waals surface area contributed by atoms with Crippen molar-refractivity contribution in [2.45, 2.75) is 19.8 Å². The molecule has 1 heterocycles. The normalized spacial score (nSPS) is 11.1. The number of hydrogen-bond donors (Lipinski definition) is 1. The first-order valence-corrected chi connectivity index (χ1v) is 6.05. The minimum absolute atomic E-state index is 0.0804. The fourth-order valence-corrected chi connectivity index (χ4v) is 1.83. The number of rotatable bonds is 2. The number of aromatic amines is 1. The largest absolute Gasteiger partial charge is 0.343 e. The fraction of sp³-hybridized carbons (Fsp3) is 0.231. The molecule has 0 aliphatic carbocycles. The van der Waals surface area contributed by atoms with Gasteiger partial charge in [0.05, 0.1) is 0 Å². The number of halogens is 3. The summed E-state index contributed by atoms with van der Waals surface area (Å²) in [4.78, 5) is 7.06. The van der Waals surface area contributed by atoms with Gasteiger partial charge in [0.15, 0.2) is 17.5 Å². The predicted molar refractivity (Wildman–Crippen MR) is 68.8 cm³/mol. The lowest BCUT2D eigenvalue weighted by atomic mass is 10.1. The second-order valence-electron chi connectivity index (χ2n) is 4.43. The molecule has 0 amide bonds. The van der Waals surface area contributed by atoms with Crippen molar-refractivity contribution in [1.29, 1.82) is 0 Å². The molecule has 19 heavy (non-hydrogen) atoms. The van der Waals surface area contributed by atoms with Crippen LogP contribution in [0.2, 0.25) is 0 Å². The molecule has 2 nitrogen and oxygen atoms in total. The average molecular weight is 284 g/mol. The standard InChI is InChI=1S/C13H11F3N2S/c1-6(2)13-17-10(5-11(19)18-13)7-3-8(14)12(16)9(15)4-7/h3-6H,1-2H3,(H,17,18,19). The molecule has 0 radical (unpaired) electrons. The van der Waals surface area contributed by atoms with Crippen molar-refractivity contribution >= 4 is 12.2 Å². The van der Waals surface area contributed by atoms with Crippen molar-refractivity contribution in [3.8, 4) is 11.3 Å². The Kier molecular flexibility index (Phi) is 3.71. The van der Waals surface area contributed by atoms with Crippen LogP contribution in [0.3, 0.4) is 0 Å². The molecule has 6 heteroatoms. The molecule has 0 atom stereocenters. The Bertz CT molecular complexity index is 657. The molecule has 0 fully saturated rings. The third-order valence-corrected chi connectivity index (χ3v) is 2.81. The van der Waals surface area contributed by atoms with E-state index in [1.807, 2.05) is 13.8 Å². The minimum Gasteiger partial charge on any atom is -0.343 e. The molecule has 2 rings (SSSR count). The number of nitrogens with one attached hydrogen (secondary N) is 1. The minimum atomic E-state index is -1.49. The van der Waals surface area contributed by atoms with Gasteiger partial charge in [0.2, 0.25) is 0 Å². The van der Waals surface area contributed by atoms with Gasteiger partial charge in [-0.25, -0.2) is 18.2 Å². The van der Waals surface area contributed by atoms with Gasteiger partial charge in [-0.2, -0.15) is 0 Å². The Hall–Kier alpha value is -1.69. The van der Waals surface area contributed by atoms with E-state index in [4.69, 9.17) is 12.2 Å². The highest BCUT2D eigenvalue weighted by atomic mass is 32.1. The number of nitrogens with zero attached hydrogens (tertiary/aromatic N) is 1. The predicted octanol–water partition coefficient (Wildman–Crippen LogP) is 4.35. The smallest absolute Gasteiger partial charge is 0.194 e. The van der Waals surface area contributed by atoms with Crippen LogP contribution in [0.5, 0.6) is 0 Å². The summed E-state index contributed by atoms with van der Waals surface area (Å²) in [5.41, 5.74) is 0.591. The third kappa shape index (κ3) is 2.84. The lowest BCUT2D eigenvalue weighted by Gasteiger charge is -2.09. The van der Waals surface area contributed by atoms with Gasteiger partial charge in [0, 0.05) is 17.2 Å². The quantitative estimate of drug-likeness (QED) is 0.656. The summed E-state index contributed by atoms with van der Waals surface area (Å²) in [5.74, 6) is -3.28. The molecule has 0 aliphatic heterocycles. The molecule has 0 saturated heterocycles. The average Bonchev–Trinajstić information content (AvgIpc) is 2.34. The van der Waals surface area contributed by atoms with Gasteiger partial charge < -0.3 is 4.98 Å². The van der Waals surface area contributed by atoms with E-state index in [1.54, 1.807) is 0 Å². The first kappa shape index (κ1) is 13.7. The van der Waals surface area contributed by atoms with Crippen molar-refractivity contribution < 1.29 is 13.2 Å². The summed E-state index contributed by atoms with van der Waals surface area (Å²) in [7, 11) is 0. The zero-order valence-electron chi connectivity index (χ0n) is 10.3. The highest BCUT2D eigenvalue weighted by molar-refractivity contribution is 7.71. The van der Waals surface area contributed by atoms with Crippen molar-refractivity contribution in [2.24, 2.45) is 0 Å². The van der Waals surface area contributed by atoms with Crippen LogP contribution in [0.4, 0.5) is 13.2 Å². The number of aromatic nitrogens is 2. The molecular weight excluding hydrogens is 273 g/mol. The van der Waals surface area contributed by atoms with Gasteiger partial charge in [-0.3, -0.25) is 0 Å². The van der Waals surface area contributed by atoms with Crippen LogP contribution in [0.1, 0.15) is 25.6 Å². The number of benzene rings is 1. The molecule has 0 aliphatic rings. The van der Waals surface area contributed by atoms with Crippen LogP contribution in [-0.2, 0) is 0 Å². The fourth-order valence-electron chi connectivity index (χ4n) is 1.62. The van der Waals surface area contributed by atoms with Crippen LogP contribution < -0.4 is 0 Å². The summed E-state index contributed by atoms with van der Waals surface area (Å²) >= 11 is 5.01. The Morgan fingerprint density at radius 2 is 1.68 bits per heavy atom. The number of hydrogen-bond acceptors (Lipinski definition) is 2. The molecule has 0 unspecified atom stereocenters. The Morgan fingerprint density at radius 1 is 1.11 bits per heavy atom. The molecule has 0 spiro atoms. The maximum atomic E-state index is 13.2. The zero-order chi connectivity index (χ0) is 14.2. The van der Waals surface area contributed by atoms with E-state index in [-0.39, 0.29) is 11.5 Å². The van der Waals surface area contributed by atoms with E-state index in [0.29, 0.717) is 16.2 Å². The second kappa shape index (κ2) is 5.13. The molecule has 2 aromatic rings. The van der Waals surface area contributed by atoms with Gasteiger partial charge in [0.1, 0.15) is 10.5 Å². The highest BCUT2D eigenvalue weighted by Crippen LogP contribution is 2.23. The van der Waals surface area contributed by atoms with Crippen LogP contribution in [-0.4, -0.2) is 9.97 Å². The first-order valence-electron chi connectivity index (χ1n) is 5.64. The van der Waals surface area contributed by atoms with Gasteiger partial charge in [-0.05, 0) is 18.2 Å². The molecule has 100 valence electrons. The topological polar surface area (TPSA) is 28.7 Å². The summed E-state index contributed by atoms with van der Waals surface area (Å²) in [5, 5.41) is 0. The molecule has 1 N–H and O–H groups in total. The molecule has 1 aromatic carbocycles. The summed E-state index contributed by atoms with van der Waals surface area (Å²) in [6.45, 7) is 3.81. The SMILES string of the molecule is CC(C)c1nc(=S)cc(-c2cc(F)c(F)c(F)c2)[nH]1. The van der Waals surface area contributed by atoms with E-state index in [2.05, 4.69) is 9.97 Å². The Labute approximate surface area is 113 Å². The van der Waals surface area contributed by atoms with Crippen LogP contribution in [0.25, 0.3) is 11.3 Å². The maximum absolute atomic E-state index is 13.2. The maximum Gasteiger partial charge on any atom is 0.194 e. The monoisotopic (exact) mass is 284 g/mol. The van der Waals surface area contributed by atoms with Crippen molar-refractivity contribution in [3.05, 3.63) is 46.1 Å². The van der Waals surface area contributed by atoms with Crippen LogP contribution >= 0.6 is 12.2 Å². The summed E-state index contributed by atoms with van der Waals surface area (Å²) < 4.78 is 39.7. The Morgan fingerprint density at radius 3 is 2.21 bits per heavy atom. The summed E-state index contributed by atoms with van der Waals surface area (Å²) in [6.07, 6.45) is 0. The van der Waals surface area contributed by atoms with E-state index in [1.165, 1.54) is 6.07 Å². The summed E-state index contributed by atoms with van der Waals surface area (Å²) in [6, 6.07) is 3.32. The van der Waals surface area contributed by atoms with Gasteiger partial charge in [-0.1, -0.05) is 26.1 Å². The van der Waals surface area contributed by atoms with Crippen molar-refractivity contribution in [2.75, 3.05) is 0 Å². The van der Waals surface area contributed by atoms with Crippen molar-refractivity contribution in [3.63, 3.8) is 0 Å². The van der Waals surface area contributed by atoms with Crippen molar-refractivity contribution in [1.82, 2.24) is 9.97 Å². The molecule has 1 aromatic heterocycles. The molecule has 0 saturated carbocycles. The lowest BCUT2D eigenvalue weighted by Crippen LogP contribution is -2.00. The third-order valence-electron chi connectivity index (χ3n) is 2.60. The molecule has 0 bridgehead atoms.